The van der Waals surface area contributed by atoms with E-state index in [-0.39, 0.29) is 48.6 Å². The zero-order chi connectivity index (χ0) is 31.9. The van der Waals surface area contributed by atoms with E-state index in [0.29, 0.717) is 24.8 Å². The van der Waals surface area contributed by atoms with E-state index in [2.05, 4.69) is 39.3 Å². The molecule has 7 atom stereocenters. The Labute approximate surface area is 256 Å². The van der Waals surface area contributed by atoms with Crippen molar-refractivity contribution in [3.05, 3.63) is 69.4 Å². The third-order valence-electron chi connectivity index (χ3n) is 10.9. The molecule has 3 saturated heterocycles. The number of nitrogens with one attached hydrogen (secondary N) is 4. The number of aromatic nitrogens is 1. The van der Waals surface area contributed by atoms with Gasteiger partial charge in [-0.1, -0.05) is 26.5 Å². The quantitative estimate of drug-likeness (QED) is 0.199. The van der Waals surface area contributed by atoms with Crippen LogP contribution in [0.15, 0.2) is 46.8 Å². The summed E-state index contributed by atoms with van der Waals surface area (Å²) in [4.78, 5) is 54.1. The number of nitrogens with zero attached hydrogens (tertiary/aromatic N) is 1. The van der Waals surface area contributed by atoms with Crippen molar-refractivity contribution < 1.29 is 29.4 Å². The van der Waals surface area contributed by atoms with Crippen LogP contribution in [0.3, 0.4) is 0 Å². The number of hydrogen-bond acceptors (Lipinski definition) is 6. The van der Waals surface area contributed by atoms with Gasteiger partial charge in [-0.25, -0.2) is 0 Å². The molecule has 0 bridgehead atoms. The number of rotatable bonds is 12. The molecule has 0 saturated carbocycles. The summed E-state index contributed by atoms with van der Waals surface area (Å²) in [6.07, 6.45) is 5.82. The van der Waals surface area contributed by atoms with E-state index < -0.39 is 23.1 Å². The van der Waals surface area contributed by atoms with Crippen molar-refractivity contribution in [2.45, 2.75) is 96.4 Å². The monoisotopic (exact) mass is 603 g/mol. The van der Waals surface area contributed by atoms with Gasteiger partial charge in [0.25, 0.3) is 5.91 Å². The molecular formula is C33H41N5O6. The lowest BCUT2D eigenvalue weighted by Gasteiger charge is -2.27. The highest BCUT2D eigenvalue weighted by atomic mass is 16.4. The van der Waals surface area contributed by atoms with Gasteiger partial charge in [-0.3, -0.25) is 24.1 Å². The molecule has 1 aromatic heterocycles. The maximum Gasteiger partial charge on any atom is 0.305 e. The topological polar surface area (TPSA) is 164 Å². The van der Waals surface area contributed by atoms with Gasteiger partial charge in [0.15, 0.2) is 0 Å². The molecule has 5 aliphatic heterocycles. The van der Waals surface area contributed by atoms with Crippen LogP contribution in [0.25, 0.3) is 0 Å². The van der Waals surface area contributed by atoms with Crippen molar-refractivity contribution >= 4 is 23.8 Å². The molecule has 234 valence electrons. The van der Waals surface area contributed by atoms with Gasteiger partial charge in [-0.05, 0) is 62.0 Å². The second-order valence-electron chi connectivity index (χ2n) is 13.0. The van der Waals surface area contributed by atoms with E-state index in [1.165, 1.54) is 0 Å². The first-order valence-electron chi connectivity index (χ1n) is 15.4. The first-order valence-corrected chi connectivity index (χ1v) is 15.4. The van der Waals surface area contributed by atoms with Crippen LogP contribution >= 0.6 is 0 Å². The summed E-state index contributed by atoms with van der Waals surface area (Å²) < 4.78 is 0. The highest BCUT2D eigenvalue weighted by Gasteiger charge is 2.97. The fraction of sp³-hybridized carbons (Fsp3) is 0.515. The van der Waals surface area contributed by atoms with E-state index in [1.807, 2.05) is 33.8 Å². The summed E-state index contributed by atoms with van der Waals surface area (Å²) in [5.41, 5.74) is 7.12. The minimum Gasteiger partial charge on any atom is -0.481 e. The minimum absolute atomic E-state index is 0.00963. The van der Waals surface area contributed by atoms with Crippen LogP contribution in [0.5, 0.6) is 0 Å². The average Bonchev–Trinajstić information content (AvgIpc) is 3.60. The Balaban J connectivity index is 1.33. The molecule has 0 aliphatic carbocycles. The molecule has 11 heteroatoms. The van der Waals surface area contributed by atoms with Crippen molar-refractivity contribution in [2.75, 3.05) is 0 Å². The van der Waals surface area contributed by atoms with Gasteiger partial charge in [0.1, 0.15) is 11.2 Å². The number of carboxylic acids is 2. The molecule has 6 heterocycles. The average molecular weight is 604 g/mol. The first-order chi connectivity index (χ1) is 20.8. The molecular weight excluding hydrogens is 562 g/mol. The summed E-state index contributed by atoms with van der Waals surface area (Å²) in [5.74, 6) is -1.90. The molecule has 2 unspecified atom stereocenters. The van der Waals surface area contributed by atoms with Crippen LogP contribution in [0, 0.1) is 18.8 Å². The van der Waals surface area contributed by atoms with Crippen LogP contribution in [0.2, 0.25) is 0 Å². The summed E-state index contributed by atoms with van der Waals surface area (Å²) in [5, 5.41) is 29.0. The predicted octanol–water partition coefficient (Wildman–Crippen LogP) is 2.59. The van der Waals surface area contributed by atoms with Crippen molar-refractivity contribution in [1.29, 1.82) is 0 Å². The summed E-state index contributed by atoms with van der Waals surface area (Å²) >= 11 is 0. The Morgan fingerprint density at radius 1 is 1.11 bits per heavy atom. The number of aliphatic carboxylic acids is 2. The predicted molar refractivity (Wildman–Crippen MR) is 162 cm³/mol. The Bertz CT molecular complexity index is 1620. The van der Waals surface area contributed by atoms with Crippen molar-refractivity contribution in [3.8, 4) is 0 Å². The lowest BCUT2D eigenvalue weighted by atomic mass is 9.85. The zero-order valence-corrected chi connectivity index (χ0v) is 25.9. The maximum absolute atomic E-state index is 12.5. The number of carbonyl (C=O) groups is 4. The normalized spacial score (nSPS) is 34.1. The van der Waals surface area contributed by atoms with Gasteiger partial charge in [0.2, 0.25) is 5.91 Å². The molecule has 1 aromatic rings. The Hall–Kier alpha value is -4.12. The van der Waals surface area contributed by atoms with Crippen LogP contribution in [0.4, 0.5) is 0 Å². The summed E-state index contributed by atoms with van der Waals surface area (Å²) in [6, 6.07) is -0.336. The summed E-state index contributed by atoms with van der Waals surface area (Å²) in [7, 11) is 0. The minimum atomic E-state index is -0.881. The highest BCUT2D eigenvalue weighted by Crippen LogP contribution is 2.78. The molecule has 5 aliphatic rings. The number of H-pyrrole nitrogens is 1. The van der Waals surface area contributed by atoms with E-state index in [1.54, 1.807) is 6.08 Å². The van der Waals surface area contributed by atoms with Crippen LogP contribution in [-0.4, -0.2) is 67.1 Å². The lowest BCUT2D eigenvalue weighted by molar-refractivity contribution is -0.138. The summed E-state index contributed by atoms with van der Waals surface area (Å²) in [6.45, 7) is 13.7. The van der Waals surface area contributed by atoms with Gasteiger partial charge < -0.3 is 31.1 Å². The molecule has 0 radical (unpaired) electrons. The van der Waals surface area contributed by atoms with E-state index in [0.717, 1.165) is 51.5 Å². The third-order valence-corrected chi connectivity index (χ3v) is 10.9. The van der Waals surface area contributed by atoms with Crippen LogP contribution in [-0.2, 0) is 38.4 Å². The molecule has 6 N–H and O–H groups in total. The van der Waals surface area contributed by atoms with Crippen LogP contribution in [0.1, 0.15) is 69.5 Å². The second kappa shape index (κ2) is 10.2. The number of fused-ring (bicyclic) bond motifs is 1. The second-order valence-corrected chi connectivity index (χ2v) is 13.0. The molecule has 3 fully saturated rings. The largest absolute Gasteiger partial charge is 0.481 e. The maximum atomic E-state index is 12.5. The van der Waals surface area contributed by atoms with Gasteiger partial charge >= 0.3 is 11.9 Å². The lowest BCUT2D eigenvalue weighted by Crippen LogP contribution is -2.48. The Morgan fingerprint density at radius 3 is 2.45 bits per heavy atom. The molecule has 11 nitrogen and oxygen atoms in total. The van der Waals surface area contributed by atoms with Gasteiger partial charge in [0, 0.05) is 65.5 Å². The smallest absolute Gasteiger partial charge is 0.305 e. The first kappa shape index (κ1) is 29.9. The zero-order valence-electron chi connectivity index (χ0n) is 25.9. The van der Waals surface area contributed by atoms with E-state index >= 15 is 0 Å². The number of carboxylic acid groups (broad SMARTS) is 2. The Kier molecular flexibility index (Phi) is 6.95. The SMILES string of the molecule is C=CC1=C(C)[C@@H](Cc2[nH]c(C[C@@]34NC(/C=C5\NC(=O)[C@H](C)[C@H]5CC)=C(C)[C@@]35C(CC(=O)O)N45)c(CCC(=O)O)c2C)NC1=O. The molecule has 0 aromatic carbocycles. The number of amides is 2. The molecule has 6 rings (SSSR count). The van der Waals surface area contributed by atoms with Gasteiger partial charge in [-0.15, -0.1) is 0 Å². The number of allylic oxidation sites excluding steroid dienone is 2. The van der Waals surface area contributed by atoms with E-state index in [9.17, 15) is 29.4 Å². The Morgan fingerprint density at radius 2 is 1.84 bits per heavy atom. The van der Waals surface area contributed by atoms with Gasteiger partial charge in [-0.2, -0.15) is 0 Å². The van der Waals surface area contributed by atoms with Gasteiger partial charge in [0.05, 0.1) is 12.5 Å². The number of hydrogen-bond donors (Lipinski definition) is 6. The number of carbonyl (C=O) groups excluding carboxylic acids is 2. The van der Waals surface area contributed by atoms with Crippen molar-refractivity contribution in [3.63, 3.8) is 0 Å². The highest BCUT2D eigenvalue weighted by molar-refractivity contribution is 6.00. The third kappa shape index (κ3) is 4.12. The van der Waals surface area contributed by atoms with Crippen LogP contribution < -0.4 is 16.0 Å². The fourth-order valence-electron chi connectivity index (χ4n) is 8.49. The standard InChI is InChI=1S/C33H41N5O6/c1-7-19-17(5)30(43)36-25(19)12-24-18(6)33-27(13-29(41)42)38(33)32(33,37-24)14-26-21(9-10-28(39)40)16(4)22(34-26)11-23-15(3)20(8-2)31(44)35-23/h8,12,17,19,23,27,34,37H,2,7,9-11,13-14H2,1,3-6H3,(H,35,44)(H,36,43)(H,39,40)(H,41,42)/b25-12-/t17-,19-,23-,27?,32+,33-,38?/m1/s1. The molecule has 1 spiro atoms. The number of aromatic amines is 1. The molecule has 44 heavy (non-hydrogen) atoms. The van der Waals surface area contributed by atoms with E-state index in [4.69, 9.17) is 0 Å². The van der Waals surface area contributed by atoms with Crippen molar-refractivity contribution in [1.82, 2.24) is 25.8 Å². The molecule has 2 amide bonds. The van der Waals surface area contributed by atoms with Crippen molar-refractivity contribution in [2.24, 2.45) is 11.8 Å². The fourth-order valence-corrected chi connectivity index (χ4v) is 8.49.